The molecule has 0 spiro atoms. The van der Waals surface area contributed by atoms with Crippen molar-refractivity contribution in [2.75, 3.05) is 0 Å². The molecule has 5 nitrogen and oxygen atoms in total. The van der Waals surface area contributed by atoms with Crippen LogP contribution < -0.4 is 5.32 Å². The van der Waals surface area contributed by atoms with Crippen LogP contribution in [0, 0.1) is 12.7 Å². The minimum atomic E-state index is -0.360. The van der Waals surface area contributed by atoms with Crippen molar-refractivity contribution in [1.82, 2.24) is 15.1 Å². The number of carbonyl (C=O) groups excluding carboxylic acids is 1. The number of benzene rings is 2. The van der Waals surface area contributed by atoms with Crippen LogP contribution in [0.5, 0.6) is 0 Å². The van der Waals surface area contributed by atoms with E-state index in [4.69, 9.17) is 16.0 Å². The first-order valence-electron chi connectivity index (χ1n) is 8.74. The molecule has 142 valence electrons. The summed E-state index contributed by atoms with van der Waals surface area (Å²) in [4.78, 5) is 12.8. The molecule has 1 atom stereocenters. The molecule has 0 aliphatic rings. The Bertz CT molecular complexity index is 1130. The fraction of sp³-hybridized carbons (Fsp3) is 0.143. The molecule has 0 radical (unpaired) electrons. The highest BCUT2D eigenvalue weighted by Gasteiger charge is 2.23. The van der Waals surface area contributed by atoms with Gasteiger partial charge >= 0.3 is 0 Å². The van der Waals surface area contributed by atoms with Gasteiger partial charge in [0.1, 0.15) is 22.3 Å². The van der Waals surface area contributed by atoms with Gasteiger partial charge in [0.05, 0.1) is 23.0 Å². The Morgan fingerprint density at radius 1 is 1.21 bits per heavy atom. The molecule has 4 rings (SSSR count). The van der Waals surface area contributed by atoms with E-state index in [1.807, 2.05) is 37.3 Å². The largest absolute Gasteiger partial charge is 0.459 e. The van der Waals surface area contributed by atoms with Crippen LogP contribution in [0.2, 0.25) is 5.15 Å². The minimum Gasteiger partial charge on any atom is -0.459 e. The third-order valence-electron chi connectivity index (χ3n) is 4.52. The van der Waals surface area contributed by atoms with Gasteiger partial charge in [0.15, 0.2) is 0 Å². The Labute approximate surface area is 165 Å². The van der Waals surface area contributed by atoms with Crippen LogP contribution in [0.25, 0.3) is 16.7 Å². The standard InChI is InChI=1S/C21H17ClFN3O2/c1-12(18-11-14-5-3-4-6-17(14)28-18)24-21(27)19-13(2)25-26(20(19)22)16-9-7-15(23)8-10-16/h3-12H,1-2H3,(H,24,27)/t12-/m0/s1. The molecule has 1 N–H and O–H groups in total. The molecule has 0 bridgehead atoms. The van der Waals surface area contributed by atoms with Crippen LogP contribution in [0.3, 0.4) is 0 Å². The Morgan fingerprint density at radius 2 is 1.93 bits per heavy atom. The number of amides is 1. The zero-order valence-electron chi connectivity index (χ0n) is 15.2. The van der Waals surface area contributed by atoms with Crippen molar-refractivity contribution < 1.29 is 13.6 Å². The second kappa shape index (κ2) is 7.13. The predicted molar refractivity (Wildman–Crippen MR) is 105 cm³/mol. The van der Waals surface area contributed by atoms with Gasteiger partial charge in [-0.15, -0.1) is 0 Å². The summed E-state index contributed by atoms with van der Waals surface area (Å²) in [5.74, 6) is -0.0700. The van der Waals surface area contributed by atoms with Gasteiger partial charge in [0.25, 0.3) is 5.91 Å². The van der Waals surface area contributed by atoms with Gasteiger partial charge in [-0.2, -0.15) is 5.10 Å². The van der Waals surface area contributed by atoms with Crippen molar-refractivity contribution >= 4 is 28.5 Å². The topological polar surface area (TPSA) is 60.1 Å². The number of para-hydroxylation sites is 1. The Hall–Kier alpha value is -3.12. The van der Waals surface area contributed by atoms with E-state index in [0.717, 1.165) is 11.0 Å². The van der Waals surface area contributed by atoms with Gasteiger partial charge in [-0.25, -0.2) is 9.07 Å². The Kier molecular flexibility index (Phi) is 4.65. The monoisotopic (exact) mass is 397 g/mol. The number of furan rings is 1. The van der Waals surface area contributed by atoms with E-state index in [1.54, 1.807) is 19.1 Å². The van der Waals surface area contributed by atoms with Crippen molar-refractivity contribution in [2.45, 2.75) is 19.9 Å². The molecule has 2 aromatic heterocycles. The summed E-state index contributed by atoms with van der Waals surface area (Å²) in [6.45, 7) is 3.54. The lowest BCUT2D eigenvalue weighted by atomic mass is 10.2. The minimum absolute atomic E-state index is 0.165. The third kappa shape index (κ3) is 3.27. The van der Waals surface area contributed by atoms with Crippen LogP contribution >= 0.6 is 11.6 Å². The molecular weight excluding hydrogens is 381 g/mol. The highest BCUT2D eigenvalue weighted by atomic mass is 35.5. The summed E-state index contributed by atoms with van der Waals surface area (Å²) in [7, 11) is 0. The van der Waals surface area contributed by atoms with Gasteiger partial charge < -0.3 is 9.73 Å². The molecule has 2 heterocycles. The maximum Gasteiger partial charge on any atom is 0.256 e. The number of hydrogen-bond donors (Lipinski definition) is 1. The summed E-state index contributed by atoms with van der Waals surface area (Å²) >= 11 is 6.41. The van der Waals surface area contributed by atoms with Crippen LogP contribution in [-0.4, -0.2) is 15.7 Å². The summed E-state index contributed by atoms with van der Waals surface area (Å²) < 4.78 is 20.4. The number of aromatic nitrogens is 2. The van der Waals surface area contributed by atoms with Crippen molar-refractivity contribution in [3.63, 3.8) is 0 Å². The average molecular weight is 398 g/mol. The molecule has 0 aliphatic heterocycles. The lowest BCUT2D eigenvalue weighted by Crippen LogP contribution is -2.27. The molecule has 1 amide bonds. The Morgan fingerprint density at radius 3 is 2.64 bits per heavy atom. The summed E-state index contributed by atoms with van der Waals surface area (Å²) in [5, 5.41) is 8.36. The first-order chi connectivity index (χ1) is 13.4. The number of hydrogen-bond acceptors (Lipinski definition) is 3. The van der Waals surface area contributed by atoms with Gasteiger partial charge in [0, 0.05) is 5.39 Å². The van der Waals surface area contributed by atoms with Crippen molar-refractivity contribution in [3.05, 3.63) is 82.6 Å². The highest BCUT2D eigenvalue weighted by Crippen LogP contribution is 2.26. The summed E-state index contributed by atoms with van der Waals surface area (Å²) in [6, 6.07) is 14.9. The molecular formula is C21H17ClFN3O2. The second-order valence-corrected chi connectivity index (χ2v) is 6.88. The maximum atomic E-state index is 13.2. The second-order valence-electron chi connectivity index (χ2n) is 6.52. The number of nitrogens with one attached hydrogen (secondary N) is 1. The predicted octanol–water partition coefficient (Wildman–Crippen LogP) is 5.21. The first-order valence-corrected chi connectivity index (χ1v) is 9.12. The zero-order chi connectivity index (χ0) is 19.8. The van der Waals surface area contributed by atoms with Crippen LogP contribution in [-0.2, 0) is 0 Å². The van der Waals surface area contributed by atoms with E-state index in [0.29, 0.717) is 17.1 Å². The van der Waals surface area contributed by atoms with Crippen molar-refractivity contribution in [1.29, 1.82) is 0 Å². The molecule has 0 saturated carbocycles. The lowest BCUT2D eigenvalue weighted by Gasteiger charge is -2.11. The van der Waals surface area contributed by atoms with E-state index in [-0.39, 0.29) is 28.5 Å². The molecule has 7 heteroatoms. The number of rotatable bonds is 4. The van der Waals surface area contributed by atoms with Gasteiger partial charge in [-0.3, -0.25) is 4.79 Å². The highest BCUT2D eigenvalue weighted by molar-refractivity contribution is 6.33. The smallest absolute Gasteiger partial charge is 0.256 e. The fourth-order valence-corrected chi connectivity index (χ4v) is 3.42. The van der Waals surface area contributed by atoms with E-state index in [1.165, 1.54) is 16.8 Å². The summed E-state index contributed by atoms with van der Waals surface area (Å²) in [5.41, 5.74) is 2.08. The first kappa shape index (κ1) is 18.3. The van der Waals surface area contributed by atoms with E-state index in [2.05, 4.69) is 10.4 Å². The lowest BCUT2D eigenvalue weighted by molar-refractivity contribution is 0.0935. The molecule has 2 aromatic carbocycles. The Balaban J connectivity index is 1.60. The number of nitrogens with zero attached hydrogens (tertiary/aromatic N) is 2. The number of carbonyl (C=O) groups is 1. The van der Waals surface area contributed by atoms with Crippen LogP contribution in [0.1, 0.15) is 34.8 Å². The van der Waals surface area contributed by atoms with E-state index >= 15 is 0 Å². The van der Waals surface area contributed by atoms with Gasteiger partial charge in [-0.05, 0) is 50.2 Å². The average Bonchev–Trinajstić information content (AvgIpc) is 3.23. The van der Waals surface area contributed by atoms with Gasteiger partial charge in [-0.1, -0.05) is 29.8 Å². The SMILES string of the molecule is Cc1nn(-c2ccc(F)cc2)c(Cl)c1C(=O)N[C@@H](C)c1cc2ccccc2o1. The molecule has 4 aromatic rings. The van der Waals surface area contributed by atoms with Gasteiger partial charge in [0.2, 0.25) is 0 Å². The number of fused-ring (bicyclic) bond motifs is 1. The number of aryl methyl sites for hydroxylation is 1. The number of halogens is 2. The normalized spacial score (nSPS) is 12.3. The van der Waals surface area contributed by atoms with Crippen LogP contribution in [0.15, 0.2) is 59.0 Å². The van der Waals surface area contributed by atoms with E-state index < -0.39 is 0 Å². The fourth-order valence-electron chi connectivity index (χ4n) is 3.07. The zero-order valence-corrected chi connectivity index (χ0v) is 16.0. The molecule has 0 aliphatic carbocycles. The molecule has 0 unspecified atom stereocenters. The third-order valence-corrected chi connectivity index (χ3v) is 4.87. The van der Waals surface area contributed by atoms with Crippen LogP contribution in [0.4, 0.5) is 4.39 Å². The molecule has 0 fully saturated rings. The molecule has 28 heavy (non-hydrogen) atoms. The van der Waals surface area contributed by atoms with Crippen molar-refractivity contribution in [2.24, 2.45) is 0 Å². The molecule has 0 saturated heterocycles. The van der Waals surface area contributed by atoms with Crippen molar-refractivity contribution in [3.8, 4) is 5.69 Å². The maximum absolute atomic E-state index is 13.2. The van der Waals surface area contributed by atoms with E-state index in [9.17, 15) is 9.18 Å². The quantitative estimate of drug-likeness (QED) is 0.514. The summed E-state index contributed by atoms with van der Waals surface area (Å²) in [6.07, 6.45) is 0.